The number of hydrogen-bond donors (Lipinski definition) is 2. The number of aromatic nitrogens is 1. The van der Waals surface area contributed by atoms with Crippen LogP contribution in [0.25, 0.3) is 11.3 Å². The molecule has 4 rings (SSSR count). The highest BCUT2D eigenvalue weighted by Crippen LogP contribution is 2.55. The fourth-order valence-corrected chi connectivity index (χ4v) is 3.62. The zero-order valence-corrected chi connectivity index (χ0v) is 13.2. The lowest BCUT2D eigenvalue weighted by atomic mass is 9.75. The van der Waals surface area contributed by atoms with Crippen LogP contribution in [0.1, 0.15) is 25.1 Å². The summed E-state index contributed by atoms with van der Waals surface area (Å²) in [5.74, 6) is -0.505. The van der Waals surface area contributed by atoms with Gasteiger partial charge in [-0.05, 0) is 19.4 Å². The van der Waals surface area contributed by atoms with Gasteiger partial charge in [0.15, 0.2) is 11.2 Å². The highest BCUT2D eigenvalue weighted by molar-refractivity contribution is 6.14. The molecule has 0 saturated carbocycles. The summed E-state index contributed by atoms with van der Waals surface area (Å²) < 4.78 is 10.7. The first-order valence-corrected chi connectivity index (χ1v) is 7.58. The summed E-state index contributed by atoms with van der Waals surface area (Å²) in [6.45, 7) is 3.59. The van der Waals surface area contributed by atoms with Crippen LogP contribution < -0.4 is 11.1 Å². The molecule has 1 aliphatic heterocycles. The molecule has 7 nitrogen and oxygen atoms in total. The first-order chi connectivity index (χ1) is 11.5. The van der Waals surface area contributed by atoms with Gasteiger partial charge in [0.2, 0.25) is 5.91 Å². The predicted octanol–water partition coefficient (Wildman–Crippen LogP) is 1.49. The first kappa shape index (κ1) is 14.5. The number of amides is 1. The number of esters is 1. The molecule has 24 heavy (non-hydrogen) atoms. The quantitative estimate of drug-likeness (QED) is 0.810. The summed E-state index contributed by atoms with van der Waals surface area (Å²) in [5, 5.41) is 2.75. The zero-order valence-electron chi connectivity index (χ0n) is 13.2. The van der Waals surface area contributed by atoms with Crippen molar-refractivity contribution in [2.45, 2.75) is 19.3 Å². The molecule has 1 spiro atoms. The minimum absolute atomic E-state index is 0.0468. The third kappa shape index (κ3) is 1.53. The lowest BCUT2D eigenvalue weighted by Gasteiger charge is -2.24. The van der Waals surface area contributed by atoms with E-state index in [1.54, 1.807) is 26.0 Å². The topological polar surface area (TPSA) is 107 Å². The Kier molecular flexibility index (Phi) is 2.84. The van der Waals surface area contributed by atoms with Crippen LogP contribution in [-0.2, 0) is 19.7 Å². The molecule has 122 valence electrons. The smallest absolute Gasteiger partial charge is 0.337 e. The van der Waals surface area contributed by atoms with Crippen molar-refractivity contribution in [1.82, 2.24) is 10.3 Å². The number of oxazole rings is 1. The number of anilines is 1. The van der Waals surface area contributed by atoms with Gasteiger partial charge in [0.1, 0.15) is 5.69 Å². The average molecular weight is 325 g/mol. The van der Waals surface area contributed by atoms with Crippen molar-refractivity contribution in [3.8, 4) is 11.3 Å². The number of nitrogens with one attached hydrogen (secondary N) is 1. The van der Waals surface area contributed by atoms with Gasteiger partial charge in [-0.3, -0.25) is 4.79 Å². The highest BCUT2D eigenvalue weighted by Gasteiger charge is 2.61. The second-order valence-corrected chi connectivity index (χ2v) is 5.70. The van der Waals surface area contributed by atoms with E-state index in [1.807, 2.05) is 12.1 Å². The third-order valence-electron chi connectivity index (χ3n) is 4.45. The van der Waals surface area contributed by atoms with Crippen LogP contribution in [0.4, 0.5) is 6.01 Å². The summed E-state index contributed by atoms with van der Waals surface area (Å²) in [6.07, 6.45) is 0. The lowest BCUT2D eigenvalue weighted by Crippen LogP contribution is -2.40. The predicted molar refractivity (Wildman–Crippen MR) is 84.6 cm³/mol. The van der Waals surface area contributed by atoms with Gasteiger partial charge in [0, 0.05) is 11.3 Å². The molecule has 0 saturated heterocycles. The Morgan fingerprint density at radius 2 is 2.17 bits per heavy atom. The SMILES string of the molecule is CCOC(=O)C1=C(C)NC(=O)[C@@]12c1ccccc1-c1oc(N)nc12. The number of nitrogen functional groups attached to an aromatic ring is 1. The van der Waals surface area contributed by atoms with Crippen molar-refractivity contribution < 1.29 is 18.7 Å². The van der Waals surface area contributed by atoms with Crippen molar-refractivity contribution in [3.63, 3.8) is 0 Å². The largest absolute Gasteiger partial charge is 0.463 e. The fraction of sp³-hybridized carbons (Fsp3) is 0.235. The van der Waals surface area contributed by atoms with E-state index in [0.717, 1.165) is 0 Å². The minimum atomic E-state index is -1.39. The Labute approximate surface area is 137 Å². The van der Waals surface area contributed by atoms with Crippen LogP contribution in [-0.4, -0.2) is 23.5 Å². The van der Waals surface area contributed by atoms with Crippen molar-refractivity contribution in [2.24, 2.45) is 0 Å². The summed E-state index contributed by atoms with van der Waals surface area (Å²) in [4.78, 5) is 29.8. The Hall–Kier alpha value is -3.09. The number of nitrogens with two attached hydrogens (primary N) is 1. The van der Waals surface area contributed by atoms with E-state index in [1.165, 1.54) is 0 Å². The molecule has 2 heterocycles. The molecule has 0 unspecified atom stereocenters. The maximum absolute atomic E-state index is 13.0. The van der Waals surface area contributed by atoms with E-state index < -0.39 is 11.4 Å². The molecule has 7 heteroatoms. The van der Waals surface area contributed by atoms with E-state index in [9.17, 15) is 9.59 Å². The molecule has 1 aliphatic carbocycles. The van der Waals surface area contributed by atoms with E-state index in [0.29, 0.717) is 28.3 Å². The average Bonchev–Trinajstić information content (AvgIpc) is 3.12. The lowest BCUT2D eigenvalue weighted by molar-refractivity contribution is -0.140. The molecular weight excluding hydrogens is 310 g/mol. The highest BCUT2D eigenvalue weighted by atomic mass is 16.5. The number of allylic oxidation sites excluding steroid dienone is 1. The molecule has 0 bridgehead atoms. The molecule has 2 aliphatic rings. The third-order valence-corrected chi connectivity index (χ3v) is 4.45. The van der Waals surface area contributed by atoms with Gasteiger partial charge in [-0.2, -0.15) is 4.98 Å². The number of ether oxygens (including phenoxy) is 1. The Morgan fingerprint density at radius 1 is 1.42 bits per heavy atom. The van der Waals surface area contributed by atoms with E-state index in [-0.39, 0.29) is 24.1 Å². The summed E-state index contributed by atoms with van der Waals surface area (Å²) >= 11 is 0. The van der Waals surface area contributed by atoms with Gasteiger partial charge in [0.25, 0.3) is 6.01 Å². The maximum Gasteiger partial charge on any atom is 0.337 e. The van der Waals surface area contributed by atoms with Gasteiger partial charge < -0.3 is 20.2 Å². The number of fused-ring (bicyclic) bond motifs is 5. The van der Waals surface area contributed by atoms with Crippen molar-refractivity contribution in [2.75, 3.05) is 12.3 Å². The van der Waals surface area contributed by atoms with Gasteiger partial charge in [-0.15, -0.1) is 0 Å². The number of benzene rings is 1. The number of rotatable bonds is 2. The van der Waals surface area contributed by atoms with Crippen LogP contribution in [0.5, 0.6) is 0 Å². The van der Waals surface area contributed by atoms with Gasteiger partial charge in [0.05, 0.1) is 12.2 Å². The Morgan fingerprint density at radius 3 is 2.92 bits per heavy atom. The van der Waals surface area contributed by atoms with Gasteiger partial charge >= 0.3 is 5.97 Å². The molecule has 0 radical (unpaired) electrons. The first-order valence-electron chi connectivity index (χ1n) is 7.58. The van der Waals surface area contributed by atoms with E-state index >= 15 is 0 Å². The molecule has 0 fully saturated rings. The number of hydrogen-bond acceptors (Lipinski definition) is 6. The van der Waals surface area contributed by atoms with Crippen LogP contribution in [0.3, 0.4) is 0 Å². The Bertz CT molecular complexity index is 928. The van der Waals surface area contributed by atoms with Crippen LogP contribution >= 0.6 is 0 Å². The molecule has 1 amide bonds. The zero-order chi connectivity index (χ0) is 17.1. The maximum atomic E-state index is 13.0. The second-order valence-electron chi connectivity index (χ2n) is 5.70. The molecule has 1 aromatic heterocycles. The van der Waals surface area contributed by atoms with E-state index in [4.69, 9.17) is 14.9 Å². The fourth-order valence-electron chi connectivity index (χ4n) is 3.62. The van der Waals surface area contributed by atoms with Gasteiger partial charge in [-0.1, -0.05) is 24.3 Å². The summed E-state index contributed by atoms with van der Waals surface area (Å²) in [7, 11) is 0. The minimum Gasteiger partial charge on any atom is -0.463 e. The number of carbonyl (C=O) groups excluding carboxylic acids is 2. The number of carbonyl (C=O) groups is 2. The Balaban J connectivity index is 2.08. The van der Waals surface area contributed by atoms with Crippen LogP contribution in [0.15, 0.2) is 40.0 Å². The monoisotopic (exact) mass is 325 g/mol. The van der Waals surface area contributed by atoms with Gasteiger partial charge in [-0.25, -0.2) is 4.79 Å². The summed E-state index contributed by atoms with van der Waals surface area (Å²) in [6, 6.07) is 7.19. The normalized spacial score (nSPS) is 21.0. The molecule has 1 atom stereocenters. The molecular formula is C17H15N3O4. The van der Waals surface area contributed by atoms with Crippen molar-refractivity contribution in [3.05, 3.63) is 46.8 Å². The van der Waals surface area contributed by atoms with Crippen LogP contribution in [0, 0.1) is 0 Å². The van der Waals surface area contributed by atoms with E-state index in [2.05, 4.69) is 10.3 Å². The number of nitrogens with zero attached hydrogens (tertiary/aromatic N) is 1. The standard InChI is InChI=1S/C17H15N3O4/c1-3-23-14(21)11-8(2)19-15(22)17(11)10-7-5-4-6-9(10)12-13(17)20-16(18)24-12/h4-7H,3H2,1-2H3,(H2,18,20)(H,19,22)/t17-/m0/s1. The van der Waals surface area contributed by atoms with Crippen molar-refractivity contribution in [1.29, 1.82) is 0 Å². The van der Waals surface area contributed by atoms with Crippen molar-refractivity contribution >= 4 is 17.9 Å². The molecule has 1 aromatic carbocycles. The summed E-state index contributed by atoms with van der Waals surface area (Å²) in [5.41, 5.74) is 6.68. The molecule has 2 aromatic rings. The second kappa shape index (κ2) is 4.70. The molecule has 3 N–H and O–H groups in total. The van der Waals surface area contributed by atoms with Crippen LogP contribution in [0.2, 0.25) is 0 Å².